The average Bonchev–Trinajstić information content (AvgIpc) is 2.95. The zero-order valence-electron chi connectivity index (χ0n) is 12.0. The Morgan fingerprint density at radius 1 is 1.22 bits per heavy atom. The summed E-state index contributed by atoms with van der Waals surface area (Å²) in [6.07, 6.45) is 3.47. The highest BCUT2D eigenvalue weighted by Crippen LogP contribution is 2.49. The number of nitrogens with zero attached hydrogens (tertiary/aromatic N) is 3. The van der Waals surface area contributed by atoms with Crippen molar-refractivity contribution in [2.24, 2.45) is 5.92 Å². The molecule has 0 amide bonds. The third-order valence-electron chi connectivity index (χ3n) is 4.12. The second-order valence-electron chi connectivity index (χ2n) is 5.84. The molecule has 3 heterocycles. The van der Waals surface area contributed by atoms with E-state index in [2.05, 4.69) is 15.0 Å². The molecule has 1 aliphatic rings. The molecule has 1 atom stereocenters. The highest BCUT2D eigenvalue weighted by atomic mass is 32.1. The minimum absolute atomic E-state index is 0.248. The highest BCUT2D eigenvalue weighted by molar-refractivity contribution is 7.18. The summed E-state index contributed by atoms with van der Waals surface area (Å²) >= 11 is 1.35. The molecule has 7 heteroatoms. The molecule has 3 aromatic heterocycles. The van der Waals surface area contributed by atoms with Crippen molar-refractivity contribution in [3.8, 4) is 11.3 Å². The van der Waals surface area contributed by atoms with E-state index in [1.807, 2.05) is 18.2 Å². The van der Waals surface area contributed by atoms with E-state index < -0.39 is 12.0 Å². The van der Waals surface area contributed by atoms with Crippen LogP contribution < -0.4 is 0 Å². The second-order valence-corrected chi connectivity index (χ2v) is 6.90. The Morgan fingerprint density at radius 3 is 2.65 bits per heavy atom. The third kappa shape index (κ3) is 2.70. The molecule has 118 valence electrons. The summed E-state index contributed by atoms with van der Waals surface area (Å²) in [6.45, 7) is 0. The number of aliphatic hydroxyl groups is 1. The van der Waals surface area contributed by atoms with E-state index in [9.17, 15) is 13.9 Å². The van der Waals surface area contributed by atoms with E-state index in [0.717, 1.165) is 21.5 Å². The van der Waals surface area contributed by atoms with E-state index >= 15 is 0 Å². The predicted octanol–water partition coefficient (Wildman–Crippen LogP) is 3.83. The van der Waals surface area contributed by atoms with Crippen molar-refractivity contribution in [2.75, 3.05) is 0 Å². The molecule has 0 saturated heterocycles. The number of halogens is 2. The monoisotopic (exact) mass is 333 g/mol. The number of fused-ring (bicyclic) bond motifs is 1. The molecule has 0 radical (unpaired) electrons. The van der Waals surface area contributed by atoms with Gasteiger partial charge in [-0.1, -0.05) is 0 Å². The van der Waals surface area contributed by atoms with Crippen molar-refractivity contribution in [3.63, 3.8) is 0 Å². The SMILES string of the molecule is O[C@@H](c1cc2ccc(-c3cncnc3)nc2s1)C1CC(F)(F)C1. The number of aliphatic hydroxyl groups excluding tert-OH is 1. The van der Waals surface area contributed by atoms with Gasteiger partial charge in [0.1, 0.15) is 11.2 Å². The van der Waals surface area contributed by atoms with Crippen molar-refractivity contribution in [3.05, 3.63) is 41.8 Å². The number of pyridine rings is 1. The molecule has 0 bridgehead atoms. The minimum Gasteiger partial charge on any atom is -0.387 e. The maximum atomic E-state index is 13.0. The number of aromatic nitrogens is 3. The Morgan fingerprint density at radius 2 is 1.96 bits per heavy atom. The zero-order valence-corrected chi connectivity index (χ0v) is 12.8. The molecule has 4 nitrogen and oxygen atoms in total. The molecule has 1 N–H and O–H groups in total. The molecule has 1 saturated carbocycles. The normalized spacial score (nSPS) is 18.7. The van der Waals surface area contributed by atoms with Crippen LogP contribution in [0.25, 0.3) is 21.5 Å². The van der Waals surface area contributed by atoms with E-state index in [1.54, 1.807) is 12.4 Å². The topological polar surface area (TPSA) is 58.9 Å². The van der Waals surface area contributed by atoms with Crippen LogP contribution in [0, 0.1) is 5.92 Å². The van der Waals surface area contributed by atoms with Crippen molar-refractivity contribution >= 4 is 21.6 Å². The van der Waals surface area contributed by atoms with Crippen molar-refractivity contribution in [2.45, 2.75) is 24.9 Å². The summed E-state index contributed by atoms with van der Waals surface area (Å²) in [5.41, 5.74) is 1.56. The van der Waals surface area contributed by atoms with Gasteiger partial charge in [-0.05, 0) is 18.2 Å². The van der Waals surface area contributed by atoms with Gasteiger partial charge in [0.25, 0.3) is 0 Å². The Kier molecular flexibility index (Phi) is 3.35. The lowest BCUT2D eigenvalue weighted by molar-refractivity contribution is -0.141. The van der Waals surface area contributed by atoms with Gasteiger partial charge in [0.2, 0.25) is 5.92 Å². The Balaban J connectivity index is 1.63. The van der Waals surface area contributed by atoms with Crippen LogP contribution >= 0.6 is 11.3 Å². The van der Waals surface area contributed by atoms with Gasteiger partial charge >= 0.3 is 0 Å². The summed E-state index contributed by atoms with van der Waals surface area (Å²) < 4.78 is 26.0. The minimum atomic E-state index is -2.62. The maximum absolute atomic E-state index is 13.0. The predicted molar refractivity (Wildman–Crippen MR) is 83.3 cm³/mol. The zero-order chi connectivity index (χ0) is 16.0. The first kappa shape index (κ1) is 14.6. The highest BCUT2D eigenvalue weighted by Gasteiger charge is 2.48. The Bertz CT molecular complexity index is 845. The lowest BCUT2D eigenvalue weighted by Crippen LogP contribution is -2.38. The summed E-state index contributed by atoms with van der Waals surface area (Å²) in [5, 5.41) is 11.2. The molecule has 3 aromatic rings. The van der Waals surface area contributed by atoms with Crippen LogP contribution in [-0.4, -0.2) is 26.0 Å². The molecular weight excluding hydrogens is 320 g/mol. The first-order valence-electron chi connectivity index (χ1n) is 7.24. The quantitative estimate of drug-likeness (QED) is 0.791. The van der Waals surface area contributed by atoms with Crippen LogP contribution in [0.4, 0.5) is 8.78 Å². The van der Waals surface area contributed by atoms with Gasteiger partial charge in [0.15, 0.2) is 0 Å². The van der Waals surface area contributed by atoms with Gasteiger partial charge in [-0.2, -0.15) is 0 Å². The number of alkyl halides is 2. The van der Waals surface area contributed by atoms with E-state index in [-0.39, 0.29) is 18.8 Å². The lowest BCUT2D eigenvalue weighted by Gasteiger charge is -2.37. The van der Waals surface area contributed by atoms with Crippen LogP contribution in [0.3, 0.4) is 0 Å². The molecule has 1 fully saturated rings. The van der Waals surface area contributed by atoms with Crippen molar-refractivity contribution in [1.29, 1.82) is 0 Å². The number of hydrogen-bond acceptors (Lipinski definition) is 5. The smallest absolute Gasteiger partial charge is 0.248 e. The van der Waals surface area contributed by atoms with Crippen molar-refractivity contribution in [1.82, 2.24) is 15.0 Å². The summed E-state index contributed by atoms with van der Waals surface area (Å²) in [6, 6.07) is 5.60. The van der Waals surface area contributed by atoms with Crippen LogP contribution in [0.5, 0.6) is 0 Å². The molecule has 1 aliphatic carbocycles. The third-order valence-corrected chi connectivity index (χ3v) is 5.23. The largest absolute Gasteiger partial charge is 0.387 e. The van der Waals surface area contributed by atoms with Gasteiger partial charge in [0, 0.05) is 47.0 Å². The second kappa shape index (κ2) is 5.28. The number of thiophene rings is 1. The lowest BCUT2D eigenvalue weighted by atomic mass is 9.77. The van der Waals surface area contributed by atoms with Gasteiger partial charge in [-0.15, -0.1) is 11.3 Å². The van der Waals surface area contributed by atoms with Crippen LogP contribution in [-0.2, 0) is 0 Å². The first-order valence-corrected chi connectivity index (χ1v) is 8.05. The molecule has 23 heavy (non-hydrogen) atoms. The van der Waals surface area contributed by atoms with E-state index in [0.29, 0.717) is 4.88 Å². The Labute approximate surface area is 134 Å². The summed E-state index contributed by atoms with van der Waals surface area (Å²) in [4.78, 5) is 14.0. The van der Waals surface area contributed by atoms with E-state index in [4.69, 9.17) is 0 Å². The number of hydrogen-bond donors (Lipinski definition) is 1. The summed E-state index contributed by atoms with van der Waals surface area (Å²) in [5.74, 6) is -3.00. The fourth-order valence-electron chi connectivity index (χ4n) is 2.84. The van der Waals surface area contributed by atoms with Gasteiger partial charge in [-0.25, -0.2) is 23.7 Å². The molecule has 0 aliphatic heterocycles. The van der Waals surface area contributed by atoms with Gasteiger partial charge in [-0.3, -0.25) is 0 Å². The fourth-order valence-corrected chi connectivity index (χ4v) is 3.95. The molecule has 4 rings (SSSR count). The molecular formula is C16H13F2N3OS. The average molecular weight is 333 g/mol. The van der Waals surface area contributed by atoms with Crippen LogP contribution in [0.1, 0.15) is 23.8 Å². The fraction of sp³-hybridized carbons (Fsp3) is 0.312. The van der Waals surface area contributed by atoms with Crippen LogP contribution in [0.15, 0.2) is 36.9 Å². The van der Waals surface area contributed by atoms with E-state index in [1.165, 1.54) is 17.7 Å². The standard InChI is InChI=1S/C16H13F2N3OS/c17-16(18)4-10(5-16)14(22)13-3-9-1-2-12(21-15(9)23-13)11-6-19-8-20-7-11/h1-3,6-8,10,14,22H,4-5H2/t14-/m1/s1. The van der Waals surface area contributed by atoms with Crippen LogP contribution in [0.2, 0.25) is 0 Å². The van der Waals surface area contributed by atoms with Gasteiger partial charge < -0.3 is 5.11 Å². The number of rotatable bonds is 3. The maximum Gasteiger partial charge on any atom is 0.248 e. The molecule has 0 spiro atoms. The Hall–Kier alpha value is -1.99. The first-order chi connectivity index (χ1) is 11.0. The van der Waals surface area contributed by atoms with Gasteiger partial charge in [0.05, 0.1) is 11.8 Å². The molecule has 0 aromatic carbocycles. The molecule has 0 unspecified atom stereocenters. The van der Waals surface area contributed by atoms with Crippen molar-refractivity contribution < 1.29 is 13.9 Å². The summed E-state index contributed by atoms with van der Waals surface area (Å²) in [7, 11) is 0.